The normalized spacial score (nSPS) is 18.2. The van der Waals surface area contributed by atoms with E-state index in [4.69, 9.17) is 0 Å². The quantitative estimate of drug-likeness (QED) is 0.158. The maximum absolute atomic E-state index is 2.57. The number of para-hydroxylation sites is 3. The van der Waals surface area contributed by atoms with Gasteiger partial charge < -0.3 is 4.57 Å². The van der Waals surface area contributed by atoms with Gasteiger partial charge in [-0.15, -0.1) is 0 Å². The van der Waals surface area contributed by atoms with Crippen LogP contribution in [0.25, 0.3) is 49.7 Å². The Morgan fingerprint density at radius 2 is 1.06 bits per heavy atom. The van der Waals surface area contributed by atoms with Crippen molar-refractivity contribution in [1.29, 1.82) is 0 Å². The SMILES string of the molecule is CC1(C)c2ccccc2-c2cc(-c3ccc4c(c3)C3(c5ccccc5-n5c6ccccc6c6cccc3c65)c3ccccc3P4c3ccccc3)ccc21. The van der Waals surface area contributed by atoms with Crippen LogP contribution in [0, 0.1) is 0 Å². The fourth-order valence-corrected chi connectivity index (χ4v) is 13.2. The first kappa shape index (κ1) is 30.5. The minimum atomic E-state index is -0.824. The molecular weight excluding hydrogens is 670 g/mol. The van der Waals surface area contributed by atoms with Crippen LogP contribution in [0.5, 0.6) is 0 Å². The monoisotopic (exact) mass is 705 g/mol. The summed E-state index contributed by atoms with van der Waals surface area (Å²) in [7, 11) is -0.824. The van der Waals surface area contributed by atoms with Crippen molar-refractivity contribution in [2.24, 2.45) is 0 Å². The molecule has 0 saturated carbocycles. The van der Waals surface area contributed by atoms with Gasteiger partial charge in [0.05, 0.1) is 22.1 Å². The van der Waals surface area contributed by atoms with Crippen LogP contribution < -0.4 is 15.9 Å². The third-order valence-electron chi connectivity index (χ3n) is 12.8. The van der Waals surface area contributed by atoms with E-state index in [1.54, 1.807) is 0 Å². The van der Waals surface area contributed by atoms with Gasteiger partial charge in [0.1, 0.15) is 0 Å². The number of hydrogen-bond acceptors (Lipinski definition) is 0. The Bertz CT molecular complexity index is 3040. The van der Waals surface area contributed by atoms with Crippen molar-refractivity contribution in [2.75, 3.05) is 0 Å². The Morgan fingerprint density at radius 1 is 0.426 bits per heavy atom. The summed E-state index contributed by atoms with van der Waals surface area (Å²) >= 11 is 0. The second-order valence-corrected chi connectivity index (χ2v) is 17.8. The van der Waals surface area contributed by atoms with Crippen molar-refractivity contribution in [2.45, 2.75) is 24.7 Å². The summed E-state index contributed by atoms with van der Waals surface area (Å²) in [5, 5.41) is 6.86. The van der Waals surface area contributed by atoms with Crippen LogP contribution >= 0.6 is 7.92 Å². The molecule has 0 N–H and O–H groups in total. The molecule has 0 saturated heterocycles. The van der Waals surface area contributed by atoms with Gasteiger partial charge in [0, 0.05) is 16.2 Å². The number of hydrogen-bond donors (Lipinski definition) is 0. The third kappa shape index (κ3) is 3.73. The summed E-state index contributed by atoms with van der Waals surface area (Å²) in [5.74, 6) is 0. The number of aromatic nitrogens is 1. The second kappa shape index (κ2) is 10.8. The van der Waals surface area contributed by atoms with Crippen LogP contribution in [0.4, 0.5) is 0 Å². The van der Waals surface area contributed by atoms with Gasteiger partial charge in [0.25, 0.3) is 0 Å². The predicted octanol–water partition coefficient (Wildman–Crippen LogP) is 11.5. The zero-order valence-electron chi connectivity index (χ0n) is 30.2. The molecule has 1 aliphatic carbocycles. The lowest BCUT2D eigenvalue weighted by Gasteiger charge is -2.48. The van der Waals surface area contributed by atoms with E-state index in [0.717, 1.165) is 0 Å². The fourth-order valence-electron chi connectivity index (χ4n) is 10.5. The van der Waals surface area contributed by atoms with Crippen LogP contribution in [-0.4, -0.2) is 4.57 Å². The maximum atomic E-state index is 2.57. The topological polar surface area (TPSA) is 4.93 Å². The fraction of sp³-hybridized carbons (Fsp3) is 0.0769. The lowest BCUT2D eigenvalue weighted by molar-refractivity contribution is 0.660. The summed E-state index contributed by atoms with van der Waals surface area (Å²) in [4.78, 5) is 0. The minimum Gasteiger partial charge on any atom is -0.309 e. The molecule has 0 radical (unpaired) electrons. The summed E-state index contributed by atoms with van der Waals surface area (Å²) < 4.78 is 2.54. The Kier molecular flexibility index (Phi) is 6.08. The van der Waals surface area contributed by atoms with Crippen molar-refractivity contribution in [1.82, 2.24) is 4.57 Å². The highest BCUT2D eigenvalue weighted by molar-refractivity contribution is 7.80. The van der Waals surface area contributed by atoms with Crippen LogP contribution in [-0.2, 0) is 10.8 Å². The Labute approximate surface area is 316 Å². The second-order valence-electron chi connectivity index (χ2n) is 15.7. The molecule has 2 heteroatoms. The largest absolute Gasteiger partial charge is 0.309 e. The Morgan fingerprint density at radius 3 is 1.94 bits per heavy atom. The van der Waals surface area contributed by atoms with Crippen molar-refractivity contribution >= 4 is 45.6 Å². The van der Waals surface area contributed by atoms with E-state index in [1.807, 2.05) is 0 Å². The minimum absolute atomic E-state index is 0.0253. The van der Waals surface area contributed by atoms with E-state index in [-0.39, 0.29) is 5.41 Å². The maximum Gasteiger partial charge on any atom is 0.0755 e. The average molecular weight is 706 g/mol. The van der Waals surface area contributed by atoms with Gasteiger partial charge >= 0.3 is 0 Å². The summed E-state index contributed by atoms with van der Waals surface area (Å²) in [5.41, 5.74) is 16.8. The Hall–Kier alpha value is -6.01. The molecule has 0 fully saturated rings. The molecule has 9 aromatic rings. The molecule has 1 spiro atoms. The van der Waals surface area contributed by atoms with Gasteiger partial charge in [0.15, 0.2) is 0 Å². The third-order valence-corrected chi connectivity index (χ3v) is 15.3. The highest BCUT2D eigenvalue weighted by Gasteiger charge is 2.51. The molecule has 3 heterocycles. The first-order valence-corrected chi connectivity index (χ1v) is 20.4. The van der Waals surface area contributed by atoms with E-state index in [1.165, 1.54) is 99.0 Å². The van der Waals surface area contributed by atoms with Gasteiger partial charge in [-0.1, -0.05) is 172 Å². The lowest BCUT2D eigenvalue weighted by Crippen LogP contribution is -2.47. The molecule has 3 aliphatic rings. The molecule has 12 rings (SSSR count). The predicted molar refractivity (Wildman–Crippen MR) is 228 cm³/mol. The molecule has 1 aromatic heterocycles. The molecule has 254 valence electrons. The van der Waals surface area contributed by atoms with Crippen LogP contribution in [0.15, 0.2) is 182 Å². The molecule has 2 aliphatic heterocycles. The van der Waals surface area contributed by atoms with Gasteiger partial charge in [-0.25, -0.2) is 0 Å². The first-order chi connectivity index (χ1) is 26.6. The van der Waals surface area contributed by atoms with Crippen LogP contribution in [0.1, 0.15) is 47.2 Å². The standard InChI is InChI=1S/C52H36NP/c1-51(2)40-20-8-6-17-36(40)39-31-33(27-29-41(39)51)34-28-30-49-45(32-34)52(43-22-10-13-26-48(43)54(49)35-15-4-3-5-16-35)42-21-9-12-25-47(42)53-46-24-11-7-18-37(46)38-19-14-23-44(52)50(38)53/h3-32H,1-2H3. The van der Waals surface area contributed by atoms with Gasteiger partial charge in [-0.3, -0.25) is 0 Å². The van der Waals surface area contributed by atoms with Gasteiger partial charge in [0.2, 0.25) is 0 Å². The van der Waals surface area contributed by atoms with Gasteiger partial charge in [-0.2, -0.15) is 0 Å². The van der Waals surface area contributed by atoms with E-state index >= 15 is 0 Å². The molecule has 2 atom stereocenters. The number of rotatable bonds is 2. The first-order valence-electron chi connectivity index (χ1n) is 19.0. The molecule has 1 nitrogen and oxygen atoms in total. The number of benzene rings is 8. The lowest BCUT2D eigenvalue weighted by atomic mass is 9.62. The zero-order valence-corrected chi connectivity index (χ0v) is 31.1. The van der Waals surface area contributed by atoms with Crippen molar-refractivity contribution in [3.05, 3.63) is 215 Å². The van der Waals surface area contributed by atoms with Gasteiger partial charge in [-0.05, 0) is 104 Å². The van der Waals surface area contributed by atoms with E-state index in [2.05, 4.69) is 200 Å². The average Bonchev–Trinajstić information content (AvgIpc) is 3.69. The van der Waals surface area contributed by atoms with Crippen molar-refractivity contribution < 1.29 is 0 Å². The van der Waals surface area contributed by atoms with Crippen LogP contribution in [0.3, 0.4) is 0 Å². The van der Waals surface area contributed by atoms with E-state index in [0.29, 0.717) is 0 Å². The molecule has 2 unspecified atom stereocenters. The van der Waals surface area contributed by atoms with Crippen molar-refractivity contribution in [3.63, 3.8) is 0 Å². The molecule has 0 bridgehead atoms. The summed E-state index contributed by atoms with van der Waals surface area (Å²) in [6, 6.07) is 69.5. The Balaban J connectivity index is 1.22. The van der Waals surface area contributed by atoms with Crippen molar-refractivity contribution in [3.8, 4) is 27.9 Å². The highest BCUT2D eigenvalue weighted by Crippen LogP contribution is 2.59. The number of fused-ring (bicyclic) bond motifs is 14. The zero-order chi connectivity index (χ0) is 35.8. The molecule has 54 heavy (non-hydrogen) atoms. The van der Waals surface area contributed by atoms with Crippen LogP contribution in [0.2, 0.25) is 0 Å². The molecular formula is C52H36NP. The molecule has 0 amide bonds. The van der Waals surface area contributed by atoms with E-state index < -0.39 is 13.3 Å². The van der Waals surface area contributed by atoms with E-state index in [9.17, 15) is 0 Å². The smallest absolute Gasteiger partial charge is 0.0755 e. The number of nitrogens with zero attached hydrogens (tertiary/aromatic N) is 1. The highest BCUT2D eigenvalue weighted by atomic mass is 31.1. The molecule has 8 aromatic carbocycles. The summed E-state index contributed by atoms with van der Waals surface area (Å²) in [6.07, 6.45) is 0. The summed E-state index contributed by atoms with van der Waals surface area (Å²) in [6.45, 7) is 4.73.